The Morgan fingerprint density at radius 3 is 2.88 bits per heavy atom. The zero-order valence-corrected chi connectivity index (χ0v) is 11.3. The van der Waals surface area contributed by atoms with E-state index in [0.717, 1.165) is 34.4 Å². The molecule has 0 bridgehead atoms. The smallest absolute Gasteiger partial charge is 0.121 e. The standard InChI is InChI=1S/C13H15BrN2O/c1-2-11-3-4-13(17-11)12(15)6-9-5-10(14)8-16-7-9/h3-5,7-8,12H,2,6,15H2,1H3. The van der Waals surface area contributed by atoms with Crippen LogP contribution < -0.4 is 5.73 Å². The topological polar surface area (TPSA) is 52.0 Å². The fraction of sp³-hybridized carbons (Fsp3) is 0.308. The fourth-order valence-corrected chi connectivity index (χ4v) is 2.12. The number of rotatable bonds is 4. The highest BCUT2D eigenvalue weighted by molar-refractivity contribution is 9.10. The highest BCUT2D eigenvalue weighted by Crippen LogP contribution is 2.20. The quantitative estimate of drug-likeness (QED) is 0.942. The summed E-state index contributed by atoms with van der Waals surface area (Å²) in [7, 11) is 0. The molecule has 1 atom stereocenters. The first kappa shape index (κ1) is 12.3. The molecule has 2 heterocycles. The van der Waals surface area contributed by atoms with Crippen LogP contribution >= 0.6 is 15.9 Å². The van der Waals surface area contributed by atoms with Crippen LogP contribution in [0.25, 0.3) is 0 Å². The van der Waals surface area contributed by atoms with Crippen molar-refractivity contribution in [2.75, 3.05) is 0 Å². The van der Waals surface area contributed by atoms with Crippen LogP contribution in [-0.2, 0) is 12.8 Å². The van der Waals surface area contributed by atoms with E-state index < -0.39 is 0 Å². The van der Waals surface area contributed by atoms with E-state index in [1.54, 1.807) is 6.20 Å². The number of halogens is 1. The van der Waals surface area contributed by atoms with Crippen molar-refractivity contribution in [2.24, 2.45) is 5.73 Å². The van der Waals surface area contributed by atoms with Gasteiger partial charge < -0.3 is 10.2 Å². The van der Waals surface area contributed by atoms with E-state index >= 15 is 0 Å². The Balaban J connectivity index is 2.08. The Labute approximate surface area is 109 Å². The van der Waals surface area contributed by atoms with Gasteiger partial charge in [0.15, 0.2) is 0 Å². The third-order valence-electron chi connectivity index (χ3n) is 2.61. The van der Waals surface area contributed by atoms with Crippen LogP contribution in [0.2, 0.25) is 0 Å². The molecule has 90 valence electrons. The van der Waals surface area contributed by atoms with Gasteiger partial charge in [-0.05, 0) is 46.1 Å². The number of aryl methyl sites for hydroxylation is 1. The fourth-order valence-electron chi connectivity index (χ4n) is 1.71. The lowest BCUT2D eigenvalue weighted by Crippen LogP contribution is -2.12. The number of nitrogens with zero attached hydrogens (tertiary/aromatic N) is 1. The first-order chi connectivity index (χ1) is 8.19. The van der Waals surface area contributed by atoms with Gasteiger partial charge in [-0.15, -0.1) is 0 Å². The van der Waals surface area contributed by atoms with Crippen molar-refractivity contribution < 1.29 is 4.42 Å². The summed E-state index contributed by atoms with van der Waals surface area (Å²) in [5.74, 6) is 1.81. The summed E-state index contributed by atoms with van der Waals surface area (Å²) in [4.78, 5) is 4.12. The van der Waals surface area contributed by atoms with Crippen LogP contribution in [0.15, 0.2) is 39.5 Å². The van der Waals surface area contributed by atoms with Gasteiger partial charge in [-0.3, -0.25) is 4.98 Å². The van der Waals surface area contributed by atoms with Crippen molar-refractivity contribution in [3.8, 4) is 0 Å². The predicted octanol–water partition coefficient (Wildman–Crippen LogP) is 3.24. The van der Waals surface area contributed by atoms with E-state index in [4.69, 9.17) is 10.2 Å². The number of hydrogen-bond acceptors (Lipinski definition) is 3. The molecule has 3 nitrogen and oxygen atoms in total. The summed E-state index contributed by atoms with van der Waals surface area (Å²) in [5, 5.41) is 0. The van der Waals surface area contributed by atoms with E-state index in [-0.39, 0.29) is 6.04 Å². The normalized spacial score (nSPS) is 12.6. The molecule has 0 spiro atoms. The predicted molar refractivity (Wildman–Crippen MR) is 70.7 cm³/mol. The number of pyridine rings is 1. The van der Waals surface area contributed by atoms with Gasteiger partial charge in [-0.1, -0.05) is 6.92 Å². The van der Waals surface area contributed by atoms with Gasteiger partial charge in [-0.25, -0.2) is 0 Å². The molecule has 2 aromatic heterocycles. The van der Waals surface area contributed by atoms with Crippen LogP contribution in [0.1, 0.15) is 30.0 Å². The maximum atomic E-state index is 6.11. The lowest BCUT2D eigenvalue weighted by atomic mass is 10.1. The first-order valence-corrected chi connectivity index (χ1v) is 6.42. The number of furan rings is 1. The molecule has 4 heteroatoms. The average molecular weight is 295 g/mol. The molecule has 2 N–H and O–H groups in total. The lowest BCUT2D eigenvalue weighted by Gasteiger charge is -2.08. The largest absolute Gasteiger partial charge is 0.464 e. The molecule has 0 amide bonds. The van der Waals surface area contributed by atoms with Gasteiger partial charge in [0.25, 0.3) is 0 Å². The Bertz CT molecular complexity index is 496. The summed E-state index contributed by atoms with van der Waals surface area (Å²) in [6, 6.07) is 5.84. The molecule has 0 aromatic carbocycles. The number of nitrogens with two attached hydrogens (primary N) is 1. The van der Waals surface area contributed by atoms with E-state index in [9.17, 15) is 0 Å². The van der Waals surface area contributed by atoms with Crippen molar-refractivity contribution in [1.82, 2.24) is 4.98 Å². The van der Waals surface area contributed by atoms with E-state index in [1.807, 2.05) is 24.4 Å². The first-order valence-electron chi connectivity index (χ1n) is 5.62. The summed E-state index contributed by atoms with van der Waals surface area (Å²) in [5.41, 5.74) is 7.21. The molecule has 0 saturated heterocycles. The highest BCUT2D eigenvalue weighted by Gasteiger charge is 2.11. The second-order valence-corrected chi connectivity index (χ2v) is 4.90. The number of aromatic nitrogens is 1. The second-order valence-electron chi connectivity index (χ2n) is 3.98. The maximum Gasteiger partial charge on any atom is 0.121 e. The average Bonchev–Trinajstić information content (AvgIpc) is 2.77. The Morgan fingerprint density at radius 2 is 2.24 bits per heavy atom. The zero-order valence-electron chi connectivity index (χ0n) is 9.69. The monoisotopic (exact) mass is 294 g/mol. The van der Waals surface area contributed by atoms with Gasteiger partial charge in [-0.2, -0.15) is 0 Å². The molecular formula is C13H15BrN2O. The van der Waals surface area contributed by atoms with Crippen LogP contribution in [0.5, 0.6) is 0 Å². The minimum Gasteiger partial charge on any atom is -0.464 e. The lowest BCUT2D eigenvalue weighted by molar-refractivity contribution is 0.434. The van der Waals surface area contributed by atoms with Crippen LogP contribution in [-0.4, -0.2) is 4.98 Å². The van der Waals surface area contributed by atoms with E-state index in [0.29, 0.717) is 0 Å². The molecule has 1 unspecified atom stereocenters. The van der Waals surface area contributed by atoms with E-state index in [2.05, 4.69) is 27.8 Å². The Hall–Kier alpha value is -1.13. The van der Waals surface area contributed by atoms with Gasteiger partial charge in [0.05, 0.1) is 6.04 Å². The molecule has 0 aliphatic rings. The van der Waals surface area contributed by atoms with Gasteiger partial charge in [0, 0.05) is 23.3 Å². The molecule has 0 saturated carbocycles. The van der Waals surface area contributed by atoms with Crippen molar-refractivity contribution in [3.63, 3.8) is 0 Å². The minimum absolute atomic E-state index is 0.119. The van der Waals surface area contributed by atoms with Gasteiger partial charge in [0.1, 0.15) is 11.5 Å². The second kappa shape index (κ2) is 5.47. The van der Waals surface area contributed by atoms with Crippen molar-refractivity contribution in [2.45, 2.75) is 25.8 Å². The zero-order chi connectivity index (χ0) is 12.3. The van der Waals surface area contributed by atoms with Crippen LogP contribution in [0.4, 0.5) is 0 Å². The van der Waals surface area contributed by atoms with E-state index in [1.165, 1.54) is 0 Å². The summed E-state index contributed by atoms with van der Waals surface area (Å²) in [6.07, 6.45) is 5.21. The Morgan fingerprint density at radius 1 is 1.41 bits per heavy atom. The van der Waals surface area contributed by atoms with Crippen LogP contribution in [0.3, 0.4) is 0 Å². The molecule has 0 radical (unpaired) electrons. The van der Waals surface area contributed by atoms with Crippen molar-refractivity contribution >= 4 is 15.9 Å². The molecule has 2 aromatic rings. The third-order valence-corrected chi connectivity index (χ3v) is 3.05. The molecule has 0 aliphatic carbocycles. The van der Waals surface area contributed by atoms with Gasteiger partial charge in [0.2, 0.25) is 0 Å². The molecule has 2 rings (SSSR count). The third kappa shape index (κ3) is 3.17. The number of hydrogen-bond donors (Lipinski definition) is 1. The SMILES string of the molecule is CCc1ccc(C(N)Cc2cncc(Br)c2)o1. The molecule has 0 fully saturated rings. The summed E-state index contributed by atoms with van der Waals surface area (Å²) >= 11 is 3.40. The van der Waals surface area contributed by atoms with Gasteiger partial charge >= 0.3 is 0 Å². The molecular weight excluding hydrogens is 280 g/mol. The van der Waals surface area contributed by atoms with Crippen LogP contribution in [0, 0.1) is 0 Å². The van der Waals surface area contributed by atoms with Crippen molar-refractivity contribution in [3.05, 3.63) is 52.1 Å². The molecule has 17 heavy (non-hydrogen) atoms. The minimum atomic E-state index is -0.119. The Kier molecular flexibility index (Phi) is 3.97. The molecule has 0 aliphatic heterocycles. The van der Waals surface area contributed by atoms with Crippen molar-refractivity contribution in [1.29, 1.82) is 0 Å². The highest BCUT2D eigenvalue weighted by atomic mass is 79.9. The summed E-state index contributed by atoms with van der Waals surface area (Å²) < 4.78 is 6.61. The maximum absolute atomic E-state index is 6.11. The summed E-state index contributed by atoms with van der Waals surface area (Å²) in [6.45, 7) is 2.06.